The summed E-state index contributed by atoms with van der Waals surface area (Å²) in [5.41, 5.74) is 6.14. The van der Waals surface area contributed by atoms with Gasteiger partial charge in [-0.15, -0.1) is 0 Å². The first-order valence-electron chi connectivity index (χ1n) is 4.89. The minimum Gasteiger partial charge on any atom is -0.398 e. The Morgan fingerprint density at radius 1 is 1.33 bits per heavy atom. The van der Waals surface area contributed by atoms with Crippen molar-refractivity contribution in [2.24, 2.45) is 0 Å². The quantitative estimate of drug-likeness (QED) is 0.530. The molecule has 0 saturated heterocycles. The first-order valence-corrected chi connectivity index (χ1v) is 6.50. The Morgan fingerprint density at radius 3 is 2.67 bits per heavy atom. The Balaban J connectivity index is 2.24. The van der Waals surface area contributed by atoms with Gasteiger partial charge in [0.15, 0.2) is 0 Å². The van der Waals surface area contributed by atoms with Gasteiger partial charge in [-0.3, -0.25) is 10.1 Å². The van der Waals surface area contributed by atoms with Gasteiger partial charge in [0.2, 0.25) is 0 Å². The smallest absolute Gasteiger partial charge is 0.271 e. The van der Waals surface area contributed by atoms with Crippen LogP contribution in [0.3, 0.4) is 0 Å². The van der Waals surface area contributed by atoms with Gasteiger partial charge in [0.05, 0.1) is 10.6 Å². The molecular weight excluding hydrogens is 318 g/mol. The highest BCUT2D eigenvalue weighted by Gasteiger charge is 2.10. The van der Waals surface area contributed by atoms with Crippen molar-refractivity contribution in [3.63, 3.8) is 0 Å². The zero-order chi connectivity index (χ0) is 13.1. The Morgan fingerprint density at radius 2 is 2.11 bits per heavy atom. The number of benzene rings is 1. The van der Waals surface area contributed by atoms with Crippen LogP contribution in [0.2, 0.25) is 0 Å². The van der Waals surface area contributed by atoms with Gasteiger partial charge in [0.1, 0.15) is 5.03 Å². The average Bonchev–Trinajstić information content (AvgIpc) is 2.34. The van der Waals surface area contributed by atoms with Crippen molar-refractivity contribution >= 4 is 39.1 Å². The second-order valence-electron chi connectivity index (χ2n) is 3.40. The lowest BCUT2D eigenvalue weighted by atomic mass is 10.3. The molecule has 0 aliphatic heterocycles. The fourth-order valence-electron chi connectivity index (χ4n) is 1.28. The number of halogens is 1. The van der Waals surface area contributed by atoms with E-state index in [0.29, 0.717) is 5.69 Å². The molecule has 0 fully saturated rings. The zero-order valence-corrected chi connectivity index (χ0v) is 11.4. The summed E-state index contributed by atoms with van der Waals surface area (Å²) in [4.78, 5) is 15.1. The highest BCUT2D eigenvalue weighted by Crippen LogP contribution is 2.33. The van der Waals surface area contributed by atoms with Crippen LogP contribution in [0.1, 0.15) is 0 Å². The molecule has 2 aromatic rings. The molecule has 0 radical (unpaired) electrons. The van der Waals surface area contributed by atoms with E-state index >= 15 is 0 Å². The maximum Gasteiger partial charge on any atom is 0.271 e. The van der Waals surface area contributed by atoms with Gasteiger partial charge >= 0.3 is 0 Å². The van der Waals surface area contributed by atoms with Crippen molar-refractivity contribution < 1.29 is 4.92 Å². The summed E-state index contributed by atoms with van der Waals surface area (Å²) in [5.74, 6) is 0. The summed E-state index contributed by atoms with van der Waals surface area (Å²) in [6.45, 7) is 0. The molecule has 7 heteroatoms. The molecule has 0 unspecified atom stereocenters. The minimum absolute atomic E-state index is 0.0133. The van der Waals surface area contributed by atoms with Crippen molar-refractivity contribution in [1.29, 1.82) is 0 Å². The number of nitro benzene ring substituents is 1. The third kappa shape index (κ3) is 2.99. The number of hydrogen-bond acceptors (Lipinski definition) is 5. The summed E-state index contributed by atoms with van der Waals surface area (Å²) >= 11 is 4.66. The standard InChI is InChI=1S/C11H8BrN3O2S/c12-7-1-4-11(14-6-7)18-10-3-2-8(15(16)17)5-9(10)13/h1-6H,13H2. The normalized spacial score (nSPS) is 10.3. The zero-order valence-electron chi connectivity index (χ0n) is 9.04. The van der Waals surface area contributed by atoms with Crippen LogP contribution in [0.4, 0.5) is 11.4 Å². The molecule has 1 heterocycles. The topological polar surface area (TPSA) is 82.0 Å². The van der Waals surface area contributed by atoms with E-state index in [1.165, 1.54) is 23.9 Å². The van der Waals surface area contributed by atoms with Gasteiger partial charge in [0, 0.05) is 27.7 Å². The first-order chi connectivity index (χ1) is 8.56. The predicted molar refractivity (Wildman–Crippen MR) is 73.6 cm³/mol. The molecule has 2 rings (SSSR count). The summed E-state index contributed by atoms with van der Waals surface area (Å²) < 4.78 is 0.892. The number of pyridine rings is 1. The average molecular weight is 326 g/mol. The van der Waals surface area contributed by atoms with Crippen LogP contribution in [0.25, 0.3) is 0 Å². The second-order valence-corrected chi connectivity index (χ2v) is 5.37. The van der Waals surface area contributed by atoms with Crippen LogP contribution >= 0.6 is 27.7 Å². The number of rotatable bonds is 3. The lowest BCUT2D eigenvalue weighted by molar-refractivity contribution is -0.384. The van der Waals surface area contributed by atoms with E-state index in [0.717, 1.165) is 14.4 Å². The summed E-state index contributed by atoms with van der Waals surface area (Å²) in [7, 11) is 0. The van der Waals surface area contributed by atoms with Crippen LogP contribution < -0.4 is 5.73 Å². The molecular formula is C11H8BrN3O2S. The Hall–Kier alpha value is -1.60. The van der Waals surface area contributed by atoms with Gasteiger partial charge in [-0.25, -0.2) is 4.98 Å². The lowest BCUT2D eigenvalue weighted by Crippen LogP contribution is -1.93. The molecule has 0 amide bonds. The summed E-state index contributed by atoms with van der Waals surface area (Å²) in [6, 6.07) is 8.12. The Bertz CT molecular complexity index is 589. The van der Waals surface area contributed by atoms with Crippen molar-refractivity contribution in [2.75, 3.05) is 5.73 Å². The molecule has 0 atom stereocenters. The third-order valence-electron chi connectivity index (χ3n) is 2.12. The summed E-state index contributed by atoms with van der Waals surface area (Å²) in [5, 5.41) is 11.4. The largest absolute Gasteiger partial charge is 0.398 e. The van der Waals surface area contributed by atoms with Crippen LogP contribution in [0, 0.1) is 10.1 Å². The van der Waals surface area contributed by atoms with Gasteiger partial charge in [-0.1, -0.05) is 11.8 Å². The van der Waals surface area contributed by atoms with Gasteiger partial charge in [-0.05, 0) is 34.1 Å². The van der Waals surface area contributed by atoms with Crippen LogP contribution in [0.15, 0.2) is 50.9 Å². The molecule has 2 N–H and O–H groups in total. The summed E-state index contributed by atoms with van der Waals surface area (Å²) in [6.07, 6.45) is 1.68. The van der Waals surface area contributed by atoms with E-state index in [9.17, 15) is 10.1 Å². The first kappa shape index (κ1) is 12.8. The molecule has 5 nitrogen and oxygen atoms in total. The molecule has 0 aliphatic carbocycles. The van der Waals surface area contributed by atoms with Crippen molar-refractivity contribution in [3.8, 4) is 0 Å². The van der Waals surface area contributed by atoms with Crippen LogP contribution in [0.5, 0.6) is 0 Å². The van der Waals surface area contributed by atoms with E-state index in [1.807, 2.05) is 12.1 Å². The van der Waals surface area contributed by atoms with E-state index in [-0.39, 0.29) is 5.69 Å². The molecule has 0 saturated carbocycles. The minimum atomic E-state index is -0.470. The second kappa shape index (κ2) is 5.36. The van der Waals surface area contributed by atoms with Crippen LogP contribution in [-0.4, -0.2) is 9.91 Å². The fraction of sp³-hybridized carbons (Fsp3) is 0. The predicted octanol–water partition coefficient (Wildman–Crippen LogP) is 3.49. The van der Waals surface area contributed by atoms with Gasteiger partial charge < -0.3 is 5.73 Å². The van der Waals surface area contributed by atoms with Gasteiger partial charge in [0.25, 0.3) is 5.69 Å². The number of nitrogens with two attached hydrogens (primary N) is 1. The van der Waals surface area contributed by atoms with Crippen molar-refractivity contribution in [1.82, 2.24) is 4.98 Å². The molecule has 0 spiro atoms. The molecule has 1 aromatic carbocycles. The number of hydrogen-bond donors (Lipinski definition) is 1. The van der Waals surface area contributed by atoms with E-state index in [1.54, 1.807) is 12.3 Å². The molecule has 92 valence electrons. The number of non-ortho nitro benzene ring substituents is 1. The Kier molecular flexibility index (Phi) is 3.83. The fourth-order valence-corrected chi connectivity index (χ4v) is 2.29. The molecule has 18 heavy (non-hydrogen) atoms. The van der Waals surface area contributed by atoms with E-state index in [4.69, 9.17) is 5.73 Å². The van der Waals surface area contributed by atoms with E-state index < -0.39 is 4.92 Å². The van der Waals surface area contributed by atoms with Crippen molar-refractivity contribution in [3.05, 3.63) is 51.1 Å². The SMILES string of the molecule is Nc1cc([N+](=O)[O-])ccc1Sc1ccc(Br)cn1. The van der Waals surface area contributed by atoms with Crippen molar-refractivity contribution in [2.45, 2.75) is 9.92 Å². The molecule has 0 aliphatic rings. The number of nitrogens with zero attached hydrogens (tertiary/aromatic N) is 2. The monoisotopic (exact) mass is 325 g/mol. The highest BCUT2D eigenvalue weighted by molar-refractivity contribution is 9.10. The number of nitro groups is 1. The lowest BCUT2D eigenvalue weighted by Gasteiger charge is -2.04. The van der Waals surface area contributed by atoms with Crippen LogP contribution in [-0.2, 0) is 0 Å². The highest BCUT2D eigenvalue weighted by atomic mass is 79.9. The van der Waals surface area contributed by atoms with Gasteiger partial charge in [-0.2, -0.15) is 0 Å². The maximum atomic E-state index is 10.6. The number of aromatic nitrogens is 1. The molecule has 1 aromatic heterocycles. The third-order valence-corrected chi connectivity index (χ3v) is 3.63. The number of nitrogen functional groups attached to an aromatic ring is 1. The van der Waals surface area contributed by atoms with E-state index in [2.05, 4.69) is 20.9 Å². The number of anilines is 1. The maximum absolute atomic E-state index is 10.6. The molecule has 0 bridgehead atoms. The Labute approximate surface area is 116 Å².